The van der Waals surface area contributed by atoms with E-state index in [0.717, 1.165) is 16.3 Å². The van der Waals surface area contributed by atoms with Crippen LogP contribution in [0.4, 0.5) is 5.95 Å². The maximum absolute atomic E-state index is 12.8. The molecule has 6 nitrogen and oxygen atoms in total. The first-order valence-electron chi connectivity index (χ1n) is 9.78. The van der Waals surface area contributed by atoms with Crippen molar-refractivity contribution in [2.24, 2.45) is 0 Å². The number of phenolic OH excluding ortho intramolecular Hbond substituents is 1. The van der Waals surface area contributed by atoms with Crippen molar-refractivity contribution in [3.63, 3.8) is 0 Å². The molecule has 0 radical (unpaired) electrons. The lowest BCUT2D eigenvalue weighted by atomic mass is 9.92. The molecule has 0 saturated heterocycles. The summed E-state index contributed by atoms with van der Waals surface area (Å²) < 4.78 is 0. The van der Waals surface area contributed by atoms with E-state index in [1.807, 2.05) is 60.7 Å². The number of carbonyl (C=O) groups excluding carboxylic acids is 1. The number of fused-ring (bicyclic) bond motifs is 1. The molecule has 3 N–H and O–H groups in total. The van der Waals surface area contributed by atoms with Crippen LogP contribution in [-0.2, 0) is 4.79 Å². The highest BCUT2D eigenvalue weighted by molar-refractivity contribution is 5.89. The first-order chi connectivity index (χ1) is 14.7. The van der Waals surface area contributed by atoms with E-state index in [4.69, 9.17) is 0 Å². The van der Waals surface area contributed by atoms with Gasteiger partial charge in [-0.15, -0.1) is 0 Å². The molecule has 0 saturated carbocycles. The number of amides is 1. The SMILES string of the molecule is O=C(CCNc1ncccn1)N[C@H](c1ccccc1)c1c(O)ccc2ccccc12. The molecular formula is C24H22N4O2. The predicted molar refractivity (Wildman–Crippen MR) is 117 cm³/mol. The number of phenols is 1. The van der Waals surface area contributed by atoms with Gasteiger partial charge in [-0.2, -0.15) is 0 Å². The standard InChI is InChI=1S/C24H22N4O2/c29-20-12-11-17-7-4-5-10-19(17)22(20)23(18-8-2-1-3-9-18)28-21(30)13-16-27-24-25-14-6-15-26-24/h1-12,14-15,23,29H,13,16H2,(H,28,30)(H,25,26,27)/t23-/m1/s1. The van der Waals surface area contributed by atoms with Crippen LogP contribution in [-0.4, -0.2) is 27.5 Å². The van der Waals surface area contributed by atoms with Gasteiger partial charge in [0, 0.05) is 30.9 Å². The van der Waals surface area contributed by atoms with E-state index in [-0.39, 0.29) is 18.1 Å². The lowest BCUT2D eigenvalue weighted by Gasteiger charge is -2.22. The van der Waals surface area contributed by atoms with E-state index in [2.05, 4.69) is 20.6 Å². The van der Waals surface area contributed by atoms with Crippen molar-refractivity contribution in [2.75, 3.05) is 11.9 Å². The molecule has 0 aliphatic rings. The molecule has 0 bridgehead atoms. The summed E-state index contributed by atoms with van der Waals surface area (Å²) >= 11 is 0. The normalized spacial score (nSPS) is 11.7. The van der Waals surface area contributed by atoms with Crippen molar-refractivity contribution < 1.29 is 9.90 Å². The molecule has 0 aliphatic heterocycles. The van der Waals surface area contributed by atoms with Crippen LogP contribution < -0.4 is 10.6 Å². The van der Waals surface area contributed by atoms with E-state index in [0.29, 0.717) is 18.1 Å². The monoisotopic (exact) mass is 398 g/mol. The van der Waals surface area contributed by atoms with Gasteiger partial charge in [0.05, 0.1) is 6.04 Å². The van der Waals surface area contributed by atoms with E-state index >= 15 is 0 Å². The molecule has 1 aromatic heterocycles. The predicted octanol–water partition coefficient (Wildman–Crippen LogP) is 4.04. The van der Waals surface area contributed by atoms with Crippen LogP contribution >= 0.6 is 0 Å². The second-order valence-corrected chi connectivity index (χ2v) is 6.88. The zero-order valence-corrected chi connectivity index (χ0v) is 16.3. The molecule has 1 heterocycles. The quantitative estimate of drug-likeness (QED) is 0.437. The van der Waals surface area contributed by atoms with Gasteiger partial charge in [-0.25, -0.2) is 9.97 Å². The summed E-state index contributed by atoms with van der Waals surface area (Å²) in [6.07, 6.45) is 3.53. The molecule has 0 aliphatic carbocycles. The van der Waals surface area contributed by atoms with E-state index in [1.54, 1.807) is 24.5 Å². The summed E-state index contributed by atoms with van der Waals surface area (Å²) in [5.74, 6) is 0.495. The second-order valence-electron chi connectivity index (χ2n) is 6.88. The molecule has 1 amide bonds. The second kappa shape index (κ2) is 9.05. The minimum atomic E-state index is -0.474. The Labute approximate surface area is 174 Å². The zero-order chi connectivity index (χ0) is 20.8. The van der Waals surface area contributed by atoms with Crippen LogP contribution in [0.2, 0.25) is 0 Å². The molecule has 4 aromatic rings. The van der Waals surface area contributed by atoms with Gasteiger partial charge in [0.25, 0.3) is 0 Å². The minimum absolute atomic E-state index is 0.139. The fraction of sp³-hybridized carbons (Fsp3) is 0.125. The summed E-state index contributed by atoms with van der Waals surface area (Å²) in [4.78, 5) is 20.9. The van der Waals surface area contributed by atoms with Crippen molar-refractivity contribution in [3.05, 3.63) is 96.3 Å². The lowest BCUT2D eigenvalue weighted by molar-refractivity contribution is -0.121. The molecule has 3 aromatic carbocycles. The maximum Gasteiger partial charge on any atom is 0.222 e. The third-order valence-electron chi connectivity index (χ3n) is 4.88. The first-order valence-corrected chi connectivity index (χ1v) is 9.78. The largest absolute Gasteiger partial charge is 0.508 e. The summed E-state index contributed by atoms with van der Waals surface area (Å²) in [6, 6.07) is 22.3. The van der Waals surface area contributed by atoms with E-state index in [1.165, 1.54) is 0 Å². The Morgan fingerprint density at radius 1 is 0.900 bits per heavy atom. The molecule has 0 spiro atoms. The van der Waals surface area contributed by atoms with Crippen molar-refractivity contribution in [3.8, 4) is 5.75 Å². The van der Waals surface area contributed by atoms with Gasteiger partial charge >= 0.3 is 0 Å². The number of carbonyl (C=O) groups is 1. The van der Waals surface area contributed by atoms with Crippen LogP contribution in [0.5, 0.6) is 5.75 Å². The first kappa shape index (κ1) is 19.4. The van der Waals surface area contributed by atoms with Crippen LogP contribution in [0.25, 0.3) is 10.8 Å². The number of aromatic nitrogens is 2. The highest BCUT2D eigenvalue weighted by Crippen LogP contribution is 2.35. The molecule has 150 valence electrons. The fourth-order valence-electron chi connectivity index (χ4n) is 3.47. The van der Waals surface area contributed by atoms with Gasteiger partial charge < -0.3 is 15.7 Å². The highest BCUT2D eigenvalue weighted by Gasteiger charge is 2.22. The Kier molecular flexibility index (Phi) is 5.85. The Balaban J connectivity index is 1.59. The molecule has 30 heavy (non-hydrogen) atoms. The molecule has 0 unspecified atom stereocenters. The smallest absolute Gasteiger partial charge is 0.222 e. The van der Waals surface area contributed by atoms with Gasteiger partial charge in [-0.1, -0.05) is 60.7 Å². The summed E-state index contributed by atoms with van der Waals surface area (Å²) in [7, 11) is 0. The fourth-order valence-corrected chi connectivity index (χ4v) is 3.47. The van der Waals surface area contributed by atoms with Crippen LogP contribution in [0.3, 0.4) is 0 Å². The van der Waals surface area contributed by atoms with Crippen molar-refractivity contribution in [1.82, 2.24) is 15.3 Å². The number of rotatable bonds is 7. The Hall–Kier alpha value is -3.93. The van der Waals surface area contributed by atoms with Crippen LogP contribution in [0.15, 0.2) is 85.2 Å². The molecule has 0 fully saturated rings. The Morgan fingerprint density at radius 3 is 2.43 bits per heavy atom. The molecule has 4 rings (SSSR count). The zero-order valence-electron chi connectivity index (χ0n) is 16.3. The van der Waals surface area contributed by atoms with Crippen LogP contribution in [0.1, 0.15) is 23.6 Å². The van der Waals surface area contributed by atoms with Gasteiger partial charge in [0.2, 0.25) is 11.9 Å². The number of hydrogen-bond acceptors (Lipinski definition) is 5. The molecule has 1 atom stereocenters. The van der Waals surface area contributed by atoms with Crippen LogP contribution in [0, 0.1) is 0 Å². The van der Waals surface area contributed by atoms with Crippen molar-refractivity contribution in [2.45, 2.75) is 12.5 Å². The number of aromatic hydroxyl groups is 1. The van der Waals surface area contributed by atoms with Gasteiger partial charge in [0.1, 0.15) is 5.75 Å². The van der Waals surface area contributed by atoms with E-state index < -0.39 is 6.04 Å². The molecular weight excluding hydrogens is 376 g/mol. The average Bonchev–Trinajstić information content (AvgIpc) is 2.79. The molecule has 6 heteroatoms. The topological polar surface area (TPSA) is 87.1 Å². The summed E-state index contributed by atoms with van der Waals surface area (Å²) in [5.41, 5.74) is 1.59. The van der Waals surface area contributed by atoms with Crippen molar-refractivity contribution >= 4 is 22.6 Å². The van der Waals surface area contributed by atoms with Gasteiger partial charge in [0.15, 0.2) is 0 Å². The third-order valence-corrected chi connectivity index (χ3v) is 4.88. The minimum Gasteiger partial charge on any atom is -0.508 e. The Morgan fingerprint density at radius 2 is 1.63 bits per heavy atom. The Bertz CT molecular complexity index is 1130. The number of anilines is 1. The number of nitrogens with zero attached hydrogens (tertiary/aromatic N) is 2. The summed E-state index contributed by atoms with van der Waals surface area (Å²) in [6.45, 7) is 0.402. The lowest BCUT2D eigenvalue weighted by Crippen LogP contribution is -2.30. The summed E-state index contributed by atoms with van der Waals surface area (Å²) in [5, 5.41) is 18.7. The third kappa shape index (κ3) is 4.38. The number of nitrogens with one attached hydrogen (secondary N) is 2. The average molecular weight is 398 g/mol. The number of hydrogen-bond donors (Lipinski definition) is 3. The van der Waals surface area contributed by atoms with Crippen molar-refractivity contribution in [1.29, 1.82) is 0 Å². The number of benzene rings is 3. The maximum atomic E-state index is 12.8. The highest BCUT2D eigenvalue weighted by atomic mass is 16.3. The van der Waals surface area contributed by atoms with Gasteiger partial charge in [-0.05, 0) is 28.5 Å². The van der Waals surface area contributed by atoms with E-state index in [9.17, 15) is 9.90 Å². The van der Waals surface area contributed by atoms with Gasteiger partial charge in [-0.3, -0.25) is 4.79 Å².